The van der Waals surface area contributed by atoms with Gasteiger partial charge >= 0.3 is 0 Å². The summed E-state index contributed by atoms with van der Waals surface area (Å²) >= 11 is 0. The molecule has 0 bridgehead atoms. The van der Waals surface area contributed by atoms with Crippen molar-refractivity contribution >= 4 is 23.1 Å². The number of piperidine rings is 2. The Morgan fingerprint density at radius 2 is 1.68 bits per heavy atom. The maximum absolute atomic E-state index is 12.6. The zero-order valence-corrected chi connectivity index (χ0v) is 16.6. The minimum atomic E-state index is -0.0168. The summed E-state index contributed by atoms with van der Waals surface area (Å²) in [6, 6.07) is 8.44. The Labute approximate surface area is 167 Å². The van der Waals surface area contributed by atoms with E-state index < -0.39 is 0 Å². The fourth-order valence-electron chi connectivity index (χ4n) is 3.93. The summed E-state index contributed by atoms with van der Waals surface area (Å²) in [6.07, 6.45) is 9.22. The second-order valence-electron chi connectivity index (χ2n) is 7.98. The van der Waals surface area contributed by atoms with Gasteiger partial charge in [-0.3, -0.25) is 4.79 Å². The lowest BCUT2D eigenvalue weighted by atomic mass is 9.99. The van der Waals surface area contributed by atoms with Gasteiger partial charge in [0.2, 0.25) is 0 Å². The van der Waals surface area contributed by atoms with E-state index in [1.807, 2.05) is 4.90 Å². The first-order valence-corrected chi connectivity index (χ1v) is 10.4. The molecule has 2 aromatic rings. The van der Waals surface area contributed by atoms with Crippen molar-refractivity contribution < 1.29 is 4.79 Å². The first-order chi connectivity index (χ1) is 13.7. The van der Waals surface area contributed by atoms with E-state index >= 15 is 0 Å². The molecule has 1 aromatic heterocycles. The highest BCUT2D eigenvalue weighted by molar-refractivity contribution is 5.92. The van der Waals surface area contributed by atoms with Gasteiger partial charge in [-0.2, -0.15) is 0 Å². The first kappa shape index (κ1) is 18.7. The predicted molar refractivity (Wildman–Crippen MR) is 112 cm³/mol. The quantitative estimate of drug-likeness (QED) is 0.867. The molecule has 148 valence electrons. The average Bonchev–Trinajstić information content (AvgIpc) is 2.75. The van der Waals surface area contributed by atoms with E-state index in [0.717, 1.165) is 44.7 Å². The fourth-order valence-corrected chi connectivity index (χ4v) is 3.93. The lowest BCUT2D eigenvalue weighted by molar-refractivity contribution is 0.0691. The van der Waals surface area contributed by atoms with Crippen LogP contribution in [0.4, 0.5) is 17.2 Å². The molecule has 1 N–H and O–H groups in total. The third-order valence-corrected chi connectivity index (χ3v) is 5.80. The molecule has 3 heterocycles. The molecule has 0 unspecified atom stereocenters. The molecule has 6 heteroatoms. The van der Waals surface area contributed by atoms with Gasteiger partial charge in [-0.1, -0.05) is 6.92 Å². The fraction of sp³-hybridized carbons (Fsp3) is 0.500. The Bertz CT molecular complexity index is 776. The van der Waals surface area contributed by atoms with Gasteiger partial charge in [0.05, 0.1) is 12.4 Å². The number of rotatable bonds is 4. The summed E-state index contributed by atoms with van der Waals surface area (Å²) in [7, 11) is 0. The van der Waals surface area contributed by atoms with E-state index in [9.17, 15) is 4.79 Å². The van der Waals surface area contributed by atoms with Crippen LogP contribution in [0.15, 0.2) is 36.7 Å². The standard InChI is InChI=1S/C22H29N5O/c1-17-9-13-27(14-10-17)22(28)20-15-24-21(16-23-20)25-18-5-7-19(8-6-18)26-11-3-2-4-12-26/h5-8,15-17H,2-4,9-14H2,1H3,(H,24,25). The first-order valence-electron chi connectivity index (χ1n) is 10.4. The SMILES string of the molecule is CC1CCN(C(=O)c2cnc(Nc3ccc(N4CCCCC4)cc3)cn2)CC1. The van der Waals surface area contributed by atoms with E-state index in [4.69, 9.17) is 0 Å². The van der Waals surface area contributed by atoms with Crippen molar-refractivity contribution in [1.29, 1.82) is 0 Å². The molecule has 1 amide bonds. The van der Waals surface area contributed by atoms with Crippen molar-refractivity contribution in [3.8, 4) is 0 Å². The molecule has 1 aromatic carbocycles. The Balaban J connectivity index is 1.35. The van der Waals surface area contributed by atoms with Crippen LogP contribution >= 0.6 is 0 Å². The average molecular weight is 380 g/mol. The van der Waals surface area contributed by atoms with Crippen LogP contribution in [0.3, 0.4) is 0 Å². The molecule has 0 spiro atoms. The lowest BCUT2D eigenvalue weighted by Gasteiger charge is -2.29. The van der Waals surface area contributed by atoms with Gasteiger partial charge in [0, 0.05) is 37.6 Å². The third-order valence-electron chi connectivity index (χ3n) is 5.80. The number of likely N-dealkylation sites (tertiary alicyclic amines) is 1. The van der Waals surface area contributed by atoms with Crippen molar-refractivity contribution in [3.05, 3.63) is 42.4 Å². The van der Waals surface area contributed by atoms with Crippen LogP contribution in [-0.2, 0) is 0 Å². The Kier molecular flexibility index (Phi) is 5.74. The molecular formula is C22H29N5O. The van der Waals surface area contributed by atoms with Crippen molar-refractivity contribution in [3.63, 3.8) is 0 Å². The van der Waals surface area contributed by atoms with E-state index in [1.54, 1.807) is 12.4 Å². The molecule has 0 atom stereocenters. The van der Waals surface area contributed by atoms with Crippen LogP contribution in [0, 0.1) is 5.92 Å². The van der Waals surface area contributed by atoms with Crippen molar-refractivity contribution in [2.75, 3.05) is 36.4 Å². The van der Waals surface area contributed by atoms with Gasteiger partial charge in [-0.15, -0.1) is 0 Å². The van der Waals surface area contributed by atoms with Crippen molar-refractivity contribution in [2.45, 2.75) is 39.0 Å². The Morgan fingerprint density at radius 1 is 0.964 bits per heavy atom. The highest BCUT2D eigenvalue weighted by Gasteiger charge is 2.22. The molecule has 28 heavy (non-hydrogen) atoms. The summed E-state index contributed by atoms with van der Waals surface area (Å²) in [6.45, 7) is 6.14. The van der Waals surface area contributed by atoms with Crippen LogP contribution in [0.2, 0.25) is 0 Å². The lowest BCUT2D eigenvalue weighted by Crippen LogP contribution is -2.38. The van der Waals surface area contributed by atoms with Crippen molar-refractivity contribution in [1.82, 2.24) is 14.9 Å². The Morgan fingerprint density at radius 3 is 2.32 bits per heavy atom. The normalized spacial score (nSPS) is 18.2. The number of amides is 1. The second-order valence-corrected chi connectivity index (χ2v) is 7.98. The van der Waals surface area contributed by atoms with Gasteiger partial charge in [0.25, 0.3) is 5.91 Å². The molecule has 0 aliphatic carbocycles. The molecule has 2 aliphatic rings. The predicted octanol–water partition coefficient (Wildman–Crippen LogP) is 4.08. The molecule has 6 nitrogen and oxygen atoms in total. The molecule has 0 saturated carbocycles. The van der Waals surface area contributed by atoms with E-state index in [2.05, 4.69) is 51.4 Å². The summed E-state index contributed by atoms with van der Waals surface area (Å²) < 4.78 is 0. The van der Waals surface area contributed by atoms with Crippen LogP contribution in [0.25, 0.3) is 0 Å². The molecule has 2 saturated heterocycles. The van der Waals surface area contributed by atoms with Gasteiger partial charge < -0.3 is 15.1 Å². The van der Waals surface area contributed by atoms with Crippen LogP contribution in [-0.4, -0.2) is 47.0 Å². The highest BCUT2D eigenvalue weighted by atomic mass is 16.2. The number of nitrogens with one attached hydrogen (secondary N) is 1. The maximum atomic E-state index is 12.6. The zero-order chi connectivity index (χ0) is 19.3. The van der Waals surface area contributed by atoms with E-state index in [-0.39, 0.29) is 5.91 Å². The van der Waals surface area contributed by atoms with Gasteiger partial charge in [-0.25, -0.2) is 9.97 Å². The zero-order valence-electron chi connectivity index (χ0n) is 16.6. The topological polar surface area (TPSA) is 61.4 Å². The summed E-state index contributed by atoms with van der Waals surface area (Å²) in [4.78, 5) is 25.6. The van der Waals surface area contributed by atoms with E-state index in [0.29, 0.717) is 17.4 Å². The molecule has 0 radical (unpaired) electrons. The van der Waals surface area contributed by atoms with Crippen LogP contribution < -0.4 is 10.2 Å². The summed E-state index contributed by atoms with van der Waals surface area (Å²) in [5, 5.41) is 3.27. The van der Waals surface area contributed by atoms with Gasteiger partial charge in [-0.05, 0) is 62.3 Å². The maximum Gasteiger partial charge on any atom is 0.274 e. The molecule has 2 fully saturated rings. The van der Waals surface area contributed by atoms with Crippen LogP contribution in [0.1, 0.15) is 49.5 Å². The van der Waals surface area contributed by atoms with Gasteiger partial charge in [0.15, 0.2) is 0 Å². The third kappa shape index (κ3) is 4.43. The number of nitrogens with zero attached hydrogens (tertiary/aromatic N) is 4. The van der Waals surface area contributed by atoms with Crippen molar-refractivity contribution in [2.24, 2.45) is 5.92 Å². The number of hydrogen-bond donors (Lipinski definition) is 1. The highest BCUT2D eigenvalue weighted by Crippen LogP contribution is 2.23. The number of aromatic nitrogens is 2. The van der Waals surface area contributed by atoms with Crippen LogP contribution in [0.5, 0.6) is 0 Å². The molecular weight excluding hydrogens is 350 g/mol. The van der Waals surface area contributed by atoms with E-state index in [1.165, 1.54) is 24.9 Å². The number of hydrogen-bond acceptors (Lipinski definition) is 5. The minimum Gasteiger partial charge on any atom is -0.372 e. The molecule has 4 rings (SSSR count). The molecule has 2 aliphatic heterocycles. The monoisotopic (exact) mass is 379 g/mol. The number of anilines is 3. The van der Waals surface area contributed by atoms with Gasteiger partial charge in [0.1, 0.15) is 11.5 Å². The Hall–Kier alpha value is -2.63. The number of carbonyl (C=O) groups excluding carboxylic acids is 1. The largest absolute Gasteiger partial charge is 0.372 e. The summed E-state index contributed by atoms with van der Waals surface area (Å²) in [5.41, 5.74) is 2.66. The number of carbonyl (C=O) groups is 1. The second kappa shape index (κ2) is 8.59. The number of benzene rings is 1. The smallest absolute Gasteiger partial charge is 0.274 e. The minimum absolute atomic E-state index is 0.0168. The summed E-state index contributed by atoms with van der Waals surface area (Å²) in [5.74, 6) is 1.33.